The Balaban J connectivity index is 2.40. The zero-order valence-corrected chi connectivity index (χ0v) is 13.8. The van der Waals surface area contributed by atoms with E-state index in [9.17, 15) is 0 Å². The molecule has 1 aliphatic rings. The number of nitrogens with zero attached hydrogens (tertiary/aromatic N) is 1. The summed E-state index contributed by atoms with van der Waals surface area (Å²) >= 11 is 0. The van der Waals surface area contributed by atoms with Gasteiger partial charge in [-0.05, 0) is 37.0 Å². The van der Waals surface area contributed by atoms with Crippen molar-refractivity contribution in [2.45, 2.75) is 57.4 Å². The third kappa shape index (κ3) is 4.63. The fraction of sp³-hybridized carbons (Fsp3) is 0.769. The SMILES string of the molecule is CC(C)(C)[Si](C)(C)OCCCC1(N)C=CNC(N)=N1. The van der Waals surface area contributed by atoms with Crippen LogP contribution in [-0.4, -0.2) is 26.5 Å². The standard InChI is InChI=1S/C13H28N4OSi/c1-12(2,3)19(4,5)18-10-6-7-13(15)8-9-16-11(14)17-13/h8-9H,6-7,10,15H2,1-5H3,(H3,14,16,17). The number of hydrogen-bond donors (Lipinski definition) is 3. The smallest absolute Gasteiger partial charge is 0.194 e. The lowest BCUT2D eigenvalue weighted by atomic mass is 10.1. The Hall–Kier alpha value is -0.853. The van der Waals surface area contributed by atoms with Crippen LogP contribution in [-0.2, 0) is 4.43 Å². The lowest BCUT2D eigenvalue weighted by Gasteiger charge is -2.36. The van der Waals surface area contributed by atoms with Gasteiger partial charge >= 0.3 is 0 Å². The molecule has 0 aromatic heterocycles. The first-order valence-corrected chi connectivity index (χ1v) is 9.69. The average Bonchev–Trinajstić information content (AvgIpc) is 2.22. The van der Waals surface area contributed by atoms with Crippen molar-refractivity contribution in [3.63, 3.8) is 0 Å². The zero-order chi connectivity index (χ0) is 14.7. The Labute approximate surface area is 117 Å². The third-order valence-corrected chi connectivity index (χ3v) is 8.46. The van der Waals surface area contributed by atoms with Gasteiger partial charge in [-0.15, -0.1) is 0 Å². The van der Waals surface area contributed by atoms with Crippen LogP contribution in [0.1, 0.15) is 33.6 Å². The second kappa shape index (κ2) is 5.64. The predicted octanol–water partition coefficient (Wildman–Crippen LogP) is 1.88. The van der Waals surface area contributed by atoms with Gasteiger partial charge in [0.25, 0.3) is 0 Å². The molecular formula is C13H28N4OSi. The molecule has 0 fully saturated rings. The van der Waals surface area contributed by atoms with Gasteiger partial charge in [0.05, 0.1) is 0 Å². The number of hydrogen-bond acceptors (Lipinski definition) is 5. The van der Waals surface area contributed by atoms with E-state index in [4.69, 9.17) is 15.9 Å². The van der Waals surface area contributed by atoms with Crippen molar-refractivity contribution in [1.82, 2.24) is 5.32 Å². The van der Waals surface area contributed by atoms with Crippen molar-refractivity contribution in [3.8, 4) is 0 Å². The van der Waals surface area contributed by atoms with Crippen LogP contribution in [0.5, 0.6) is 0 Å². The molecule has 5 nitrogen and oxygen atoms in total. The zero-order valence-electron chi connectivity index (χ0n) is 12.8. The molecular weight excluding hydrogens is 256 g/mol. The molecule has 0 bridgehead atoms. The van der Waals surface area contributed by atoms with E-state index in [1.54, 1.807) is 6.20 Å². The molecule has 6 heteroatoms. The summed E-state index contributed by atoms with van der Waals surface area (Å²) in [5.74, 6) is 0.371. The van der Waals surface area contributed by atoms with Crippen molar-refractivity contribution < 1.29 is 4.43 Å². The first-order chi connectivity index (χ1) is 8.56. The molecule has 1 atom stereocenters. The second-order valence-electron chi connectivity index (χ2n) is 6.68. The maximum Gasteiger partial charge on any atom is 0.194 e. The van der Waals surface area contributed by atoms with Gasteiger partial charge in [0, 0.05) is 12.8 Å². The van der Waals surface area contributed by atoms with Crippen molar-refractivity contribution in [3.05, 3.63) is 12.3 Å². The summed E-state index contributed by atoms with van der Waals surface area (Å²) in [4.78, 5) is 4.23. The molecule has 1 heterocycles. The lowest BCUT2D eigenvalue weighted by molar-refractivity contribution is 0.268. The Kier molecular flexibility index (Phi) is 4.81. The summed E-state index contributed by atoms with van der Waals surface area (Å²) < 4.78 is 6.12. The van der Waals surface area contributed by atoms with E-state index in [2.05, 4.69) is 44.2 Å². The fourth-order valence-electron chi connectivity index (χ4n) is 1.60. The van der Waals surface area contributed by atoms with Crippen LogP contribution in [0.25, 0.3) is 0 Å². The van der Waals surface area contributed by atoms with Gasteiger partial charge in [-0.2, -0.15) is 0 Å². The van der Waals surface area contributed by atoms with E-state index in [-0.39, 0.29) is 5.04 Å². The van der Waals surface area contributed by atoms with Gasteiger partial charge in [-0.25, -0.2) is 4.99 Å². The van der Waals surface area contributed by atoms with Gasteiger partial charge in [-0.3, -0.25) is 0 Å². The van der Waals surface area contributed by atoms with Crippen LogP contribution < -0.4 is 16.8 Å². The minimum atomic E-state index is -1.66. The monoisotopic (exact) mass is 284 g/mol. The van der Waals surface area contributed by atoms with Crippen molar-refractivity contribution >= 4 is 14.3 Å². The molecule has 0 aromatic carbocycles. The molecule has 1 rings (SSSR count). The summed E-state index contributed by atoms with van der Waals surface area (Å²) in [5.41, 5.74) is 11.1. The molecule has 1 unspecified atom stereocenters. The highest BCUT2D eigenvalue weighted by Crippen LogP contribution is 2.36. The molecule has 110 valence electrons. The molecule has 0 amide bonds. The number of aliphatic imine (C=N–C) groups is 1. The molecule has 19 heavy (non-hydrogen) atoms. The predicted molar refractivity (Wildman–Crippen MR) is 83.2 cm³/mol. The summed E-state index contributed by atoms with van der Waals surface area (Å²) in [7, 11) is -1.66. The normalized spacial score (nSPS) is 24.0. The first kappa shape index (κ1) is 16.2. The Bertz CT molecular complexity index is 373. The molecule has 0 aromatic rings. The van der Waals surface area contributed by atoms with E-state index in [1.165, 1.54) is 0 Å². The van der Waals surface area contributed by atoms with E-state index in [0.29, 0.717) is 5.96 Å². The minimum absolute atomic E-state index is 0.241. The highest BCUT2D eigenvalue weighted by molar-refractivity contribution is 6.74. The number of nitrogens with one attached hydrogen (secondary N) is 1. The van der Waals surface area contributed by atoms with Crippen LogP contribution in [0.2, 0.25) is 18.1 Å². The summed E-state index contributed by atoms with van der Waals surface area (Å²) in [6, 6.07) is 0. The topological polar surface area (TPSA) is 85.7 Å². The fourth-order valence-corrected chi connectivity index (χ4v) is 2.69. The molecule has 0 saturated heterocycles. The van der Waals surface area contributed by atoms with Gasteiger partial charge in [0.1, 0.15) is 5.66 Å². The maximum atomic E-state index is 6.15. The molecule has 0 saturated carbocycles. The van der Waals surface area contributed by atoms with Crippen LogP contribution >= 0.6 is 0 Å². The summed E-state index contributed by atoms with van der Waals surface area (Å²) in [5, 5.41) is 3.06. The molecule has 0 radical (unpaired) electrons. The van der Waals surface area contributed by atoms with Crippen LogP contribution in [0.4, 0.5) is 0 Å². The Morgan fingerprint density at radius 2 is 2.05 bits per heavy atom. The summed E-state index contributed by atoms with van der Waals surface area (Å²) in [6.07, 6.45) is 5.21. The van der Waals surface area contributed by atoms with E-state index >= 15 is 0 Å². The van der Waals surface area contributed by atoms with E-state index in [0.717, 1.165) is 19.4 Å². The van der Waals surface area contributed by atoms with Gasteiger partial charge in [-0.1, -0.05) is 20.8 Å². The van der Waals surface area contributed by atoms with Gasteiger partial charge in [0.15, 0.2) is 14.3 Å². The molecule has 0 spiro atoms. The van der Waals surface area contributed by atoms with Crippen molar-refractivity contribution in [2.24, 2.45) is 16.5 Å². The Morgan fingerprint density at radius 1 is 1.42 bits per heavy atom. The van der Waals surface area contributed by atoms with Gasteiger partial charge in [0.2, 0.25) is 0 Å². The van der Waals surface area contributed by atoms with E-state index in [1.807, 2.05) is 6.08 Å². The van der Waals surface area contributed by atoms with E-state index < -0.39 is 14.0 Å². The summed E-state index contributed by atoms with van der Waals surface area (Å²) in [6.45, 7) is 12.0. The molecule has 0 aliphatic carbocycles. The number of guanidine groups is 1. The second-order valence-corrected chi connectivity index (χ2v) is 11.5. The minimum Gasteiger partial charge on any atom is -0.417 e. The quantitative estimate of drug-likeness (QED) is 0.531. The number of rotatable bonds is 5. The van der Waals surface area contributed by atoms with Crippen molar-refractivity contribution in [2.75, 3.05) is 6.61 Å². The Morgan fingerprint density at radius 3 is 2.58 bits per heavy atom. The maximum absolute atomic E-state index is 6.15. The third-order valence-electron chi connectivity index (χ3n) is 3.92. The van der Waals surface area contributed by atoms with Crippen LogP contribution in [0.3, 0.4) is 0 Å². The average molecular weight is 284 g/mol. The first-order valence-electron chi connectivity index (χ1n) is 6.78. The van der Waals surface area contributed by atoms with Crippen LogP contribution in [0, 0.1) is 0 Å². The van der Waals surface area contributed by atoms with Gasteiger partial charge < -0.3 is 21.2 Å². The largest absolute Gasteiger partial charge is 0.417 e. The lowest BCUT2D eigenvalue weighted by Crippen LogP contribution is -2.45. The highest BCUT2D eigenvalue weighted by Gasteiger charge is 2.37. The van der Waals surface area contributed by atoms with Crippen LogP contribution in [0.15, 0.2) is 17.3 Å². The molecule has 1 aliphatic heterocycles. The molecule has 5 N–H and O–H groups in total. The van der Waals surface area contributed by atoms with Crippen molar-refractivity contribution in [1.29, 1.82) is 0 Å². The number of nitrogens with two attached hydrogens (primary N) is 2. The highest BCUT2D eigenvalue weighted by atomic mass is 28.4.